The van der Waals surface area contributed by atoms with E-state index < -0.39 is 0 Å². The summed E-state index contributed by atoms with van der Waals surface area (Å²) in [5, 5.41) is 0. The molecule has 5 aliphatic rings. The molecule has 5 fully saturated rings. The summed E-state index contributed by atoms with van der Waals surface area (Å²) in [6.07, 6.45) is 3.23. The maximum Gasteiger partial charge on any atom is 0.310 e. The van der Waals surface area contributed by atoms with Crippen LogP contribution in [0.5, 0.6) is 0 Å². The third kappa shape index (κ3) is 1.99. The van der Waals surface area contributed by atoms with Crippen LogP contribution in [0.25, 0.3) is 0 Å². The predicted octanol–water partition coefficient (Wildman–Crippen LogP) is 3.27. The second kappa shape index (κ2) is 5.16. The monoisotopic (exact) mass is 374 g/mol. The first-order chi connectivity index (χ1) is 12.6. The zero-order chi connectivity index (χ0) is 19.4. The Morgan fingerprint density at radius 3 is 2.74 bits per heavy atom. The molecule has 5 heteroatoms. The van der Waals surface area contributed by atoms with Gasteiger partial charge in [-0.15, -0.1) is 0 Å². The molecule has 0 aromatic rings. The molecule has 5 rings (SSSR count). The molecule has 5 nitrogen and oxygen atoms in total. The molecule has 0 amide bonds. The Bertz CT molecular complexity index is 741. The molecule has 148 valence electrons. The Morgan fingerprint density at radius 2 is 2.04 bits per heavy atom. The molecular weight excluding hydrogens is 344 g/mol. The quantitative estimate of drug-likeness (QED) is 0.521. The molecule has 0 N–H and O–H groups in total. The molecule has 2 saturated heterocycles. The second-order valence-corrected chi connectivity index (χ2v) is 10.5. The summed E-state index contributed by atoms with van der Waals surface area (Å²) in [5.41, 5.74) is 0.230. The van der Waals surface area contributed by atoms with Gasteiger partial charge in [-0.05, 0) is 42.6 Å². The van der Waals surface area contributed by atoms with Crippen LogP contribution in [-0.2, 0) is 23.8 Å². The van der Waals surface area contributed by atoms with Gasteiger partial charge in [-0.3, -0.25) is 9.59 Å². The van der Waals surface area contributed by atoms with Crippen molar-refractivity contribution in [3.63, 3.8) is 0 Å². The standard InChI is InChI=1S/C22H30O5/c1-11-13-8-14-16-21(5)15(6-7-20(3,4)17(21)19(24)27-14)25-10-22(16,9-13)18(11)26-12(2)23/h13-18H,1,6-10H2,2-5H3/t13-,14-,15+,16+,17-,18+,21+,22+/m1/s1. The highest BCUT2D eigenvalue weighted by atomic mass is 16.6. The van der Waals surface area contributed by atoms with Gasteiger partial charge in [0, 0.05) is 23.7 Å². The lowest BCUT2D eigenvalue weighted by Gasteiger charge is -2.67. The lowest BCUT2D eigenvalue weighted by atomic mass is 9.42. The Kier molecular flexibility index (Phi) is 3.39. The van der Waals surface area contributed by atoms with Crippen LogP contribution in [0.15, 0.2) is 12.2 Å². The smallest absolute Gasteiger partial charge is 0.310 e. The number of hydrogen-bond acceptors (Lipinski definition) is 5. The van der Waals surface area contributed by atoms with E-state index in [2.05, 4.69) is 27.4 Å². The van der Waals surface area contributed by atoms with Crippen molar-refractivity contribution >= 4 is 11.9 Å². The number of hydrogen-bond donors (Lipinski definition) is 0. The maximum atomic E-state index is 13.2. The highest BCUT2D eigenvalue weighted by Crippen LogP contribution is 2.72. The first kappa shape index (κ1) is 17.7. The van der Waals surface area contributed by atoms with E-state index >= 15 is 0 Å². The molecular formula is C22H30O5. The molecule has 3 saturated carbocycles. The molecule has 3 aliphatic carbocycles. The van der Waals surface area contributed by atoms with Gasteiger partial charge in [0.05, 0.1) is 18.6 Å². The van der Waals surface area contributed by atoms with Crippen molar-refractivity contribution in [1.82, 2.24) is 0 Å². The van der Waals surface area contributed by atoms with Crippen molar-refractivity contribution in [3.8, 4) is 0 Å². The van der Waals surface area contributed by atoms with Crippen LogP contribution in [0.1, 0.15) is 53.4 Å². The van der Waals surface area contributed by atoms with Crippen LogP contribution in [0.4, 0.5) is 0 Å². The number of carbonyl (C=O) groups excluding carboxylic acids is 2. The number of esters is 2. The maximum absolute atomic E-state index is 13.2. The molecule has 27 heavy (non-hydrogen) atoms. The third-order valence-electron chi connectivity index (χ3n) is 8.68. The normalized spacial score (nSPS) is 52.0. The van der Waals surface area contributed by atoms with E-state index in [1.54, 1.807) is 0 Å². The number of carbonyl (C=O) groups is 2. The summed E-state index contributed by atoms with van der Waals surface area (Å²) in [7, 11) is 0. The van der Waals surface area contributed by atoms with Crippen LogP contribution in [-0.4, -0.2) is 36.9 Å². The Morgan fingerprint density at radius 1 is 1.30 bits per heavy atom. The van der Waals surface area contributed by atoms with Gasteiger partial charge in [-0.2, -0.15) is 0 Å². The predicted molar refractivity (Wildman–Crippen MR) is 97.6 cm³/mol. The Balaban J connectivity index is 1.68. The topological polar surface area (TPSA) is 61.8 Å². The van der Waals surface area contributed by atoms with Gasteiger partial charge >= 0.3 is 11.9 Å². The van der Waals surface area contributed by atoms with E-state index in [1.165, 1.54) is 6.92 Å². The Hall–Kier alpha value is -1.36. The molecule has 2 bridgehead atoms. The molecule has 2 heterocycles. The average molecular weight is 374 g/mol. The van der Waals surface area contributed by atoms with Gasteiger partial charge in [0.2, 0.25) is 0 Å². The van der Waals surface area contributed by atoms with Gasteiger partial charge in [-0.25, -0.2) is 0 Å². The highest BCUT2D eigenvalue weighted by Gasteiger charge is 2.76. The summed E-state index contributed by atoms with van der Waals surface area (Å²) in [5.74, 6) is -0.165. The SMILES string of the molecule is C=C1[C@@H]2C[C@H]3OC(=O)[C@@H]4C(C)(C)CC[C@@H]5OC[C@@](C2)([C@@H]3[C@]54C)[C@H]1OC(C)=O. The number of ether oxygens (including phenoxy) is 3. The first-order valence-corrected chi connectivity index (χ1v) is 10.3. The first-order valence-electron chi connectivity index (χ1n) is 10.3. The zero-order valence-electron chi connectivity index (χ0n) is 16.7. The molecule has 1 spiro atoms. The summed E-state index contributed by atoms with van der Waals surface area (Å²) in [6, 6.07) is 0. The zero-order valence-corrected chi connectivity index (χ0v) is 16.7. The summed E-state index contributed by atoms with van der Waals surface area (Å²) in [4.78, 5) is 25.1. The minimum atomic E-state index is -0.338. The van der Waals surface area contributed by atoms with Crippen LogP contribution in [0, 0.1) is 34.0 Å². The highest BCUT2D eigenvalue weighted by molar-refractivity contribution is 5.76. The van der Waals surface area contributed by atoms with Gasteiger partial charge in [-0.1, -0.05) is 27.4 Å². The Labute approximate surface area is 160 Å². The second-order valence-electron chi connectivity index (χ2n) is 10.5. The largest absolute Gasteiger partial charge is 0.462 e. The van der Waals surface area contributed by atoms with Crippen molar-refractivity contribution in [1.29, 1.82) is 0 Å². The fourth-order valence-electron chi connectivity index (χ4n) is 7.99. The summed E-state index contributed by atoms with van der Waals surface area (Å²) >= 11 is 0. The van der Waals surface area contributed by atoms with E-state index in [1.807, 2.05) is 0 Å². The fraction of sp³-hybridized carbons (Fsp3) is 0.818. The van der Waals surface area contributed by atoms with Gasteiger partial charge in [0.15, 0.2) is 0 Å². The lowest BCUT2D eigenvalue weighted by molar-refractivity contribution is -0.306. The van der Waals surface area contributed by atoms with Crippen molar-refractivity contribution < 1.29 is 23.8 Å². The fourth-order valence-corrected chi connectivity index (χ4v) is 7.99. The van der Waals surface area contributed by atoms with E-state index in [-0.39, 0.29) is 64.2 Å². The average Bonchev–Trinajstić information content (AvgIpc) is 2.74. The molecule has 0 unspecified atom stereocenters. The van der Waals surface area contributed by atoms with Gasteiger partial charge in [0.25, 0.3) is 0 Å². The van der Waals surface area contributed by atoms with Crippen LogP contribution >= 0.6 is 0 Å². The van der Waals surface area contributed by atoms with Crippen molar-refractivity contribution in [2.75, 3.05) is 6.61 Å². The summed E-state index contributed by atoms with van der Waals surface area (Å²) in [6.45, 7) is 12.9. The number of rotatable bonds is 1. The van der Waals surface area contributed by atoms with Crippen molar-refractivity contribution in [2.45, 2.75) is 71.7 Å². The van der Waals surface area contributed by atoms with E-state index in [0.29, 0.717) is 6.61 Å². The van der Waals surface area contributed by atoms with Crippen LogP contribution in [0.3, 0.4) is 0 Å². The molecule has 2 aliphatic heterocycles. The van der Waals surface area contributed by atoms with Crippen LogP contribution < -0.4 is 0 Å². The van der Waals surface area contributed by atoms with Gasteiger partial charge < -0.3 is 14.2 Å². The molecule has 0 aromatic heterocycles. The minimum absolute atomic E-state index is 0.0601. The molecule has 0 radical (unpaired) electrons. The molecule has 0 aromatic carbocycles. The summed E-state index contributed by atoms with van der Waals surface area (Å²) < 4.78 is 18.5. The lowest BCUT2D eigenvalue weighted by Crippen LogP contribution is -2.72. The molecule has 8 atom stereocenters. The van der Waals surface area contributed by atoms with Crippen molar-refractivity contribution in [2.24, 2.45) is 34.0 Å². The minimum Gasteiger partial charge on any atom is -0.462 e. The number of fused-ring (bicyclic) bond motifs is 1. The van der Waals surface area contributed by atoms with E-state index in [0.717, 1.165) is 31.3 Å². The van der Waals surface area contributed by atoms with E-state index in [9.17, 15) is 9.59 Å². The third-order valence-corrected chi connectivity index (χ3v) is 8.68. The van der Waals surface area contributed by atoms with Crippen LogP contribution in [0.2, 0.25) is 0 Å². The van der Waals surface area contributed by atoms with Crippen molar-refractivity contribution in [3.05, 3.63) is 12.2 Å². The van der Waals surface area contributed by atoms with Gasteiger partial charge in [0.1, 0.15) is 12.2 Å². The van der Waals surface area contributed by atoms with E-state index in [4.69, 9.17) is 14.2 Å².